The molecule has 0 saturated carbocycles. The summed E-state index contributed by atoms with van der Waals surface area (Å²) in [6.45, 7) is 2.98. The van der Waals surface area contributed by atoms with E-state index in [-0.39, 0.29) is 0 Å². The minimum atomic E-state index is 0.478. The lowest BCUT2D eigenvalue weighted by Gasteiger charge is -2.26. The highest BCUT2D eigenvalue weighted by Gasteiger charge is 2.19. The van der Waals surface area contributed by atoms with Gasteiger partial charge in [0.05, 0.1) is 5.69 Å². The van der Waals surface area contributed by atoms with Crippen LogP contribution >= 0.6 is 0 Å². The van der Waals surface area contributed by atoms with E-state index in [1.807, 2.05) is 12.3 Å². The second kappa shape index (κ2) is 5.54. The number of fused-ring (bicyclic) bond motifs is 1. The van der Waals surface area contributed by atoms with Crippen molar-refractivity contribution in [3.8, 4) is 0 Å². The summed E-state index contributed by atoms with van der Waals surface area (Å²) in [6, 6.07) is 13.4. The summed E-state index contributed by atoms with van der Waals surface area (Å²) in [6.07, 6.45) is 5.59. The van der Waals surface area contributed by atoms with Gasteiger partial charge in [-0.3, -0.25) is 4.98 Å². The highest BCUT2D eigenvalue weighted by molar-refractivity contribution is 5.32. The molecule has 2 aromatic rings. The van der Waals surface area contributed by atoms with E-state index in [1.54, 1.807) is 0 Å². The van der Waals surface area contributed by atoms with Gasteiger partial charge >= 0.3 is 0 Å². The molecule has 1 unspecified atom stereocenters. The van der Waals surface area contributed by atoms with E-state index in [2.05, 4.69) is 47.6 Å². The zero-order chi connectivity index (χ0) is 13.1. The van der Waals surface area contributed by atoms with Crippen LogP contribution in [-0.4, -0.2) is 4.98 Å². The Morgan fingerprint density at radius 2 is 2.11 bits per heavy atom. The molecule has 2 nitrogen and oxygen atoms in total. The van der Waals surface area contributed by atoms with Crippen molar-refractivity contribution < 1.29 is 0 Å². The zero-order valence-electron chi connectivity index (χ0n) is 11.4. The van der Waals surface area contributed by atoms with E-state index >= 15 is 0 Å². The number of aromatic nitrogens is 1. The van der Waals surface area contributed by atoms with Gasteiger partial charge in [-0.1, -0.05) is 30.3 Å². The molecule has 0 bridgehead atoms. The number of aryl methyl sites for hydroxylation is 2. The number of rotatable bonds is 3. The Bertz CT molecular complexity index is 563. The minimum absolute atomic E-state index is 0.478. The van der Waals surface area contributed by atoms with Crippen molar-refractivity contribution in [2.75, 3.05) is 0 Å². The van der Waals surface area contributed by atoms with Crippen molar-refractivity contribution in [2.45, 2.75) is 38.8 Å². The third kappa shape index (κ3) is 2.69. The van der Waals surface area contributed by atoms with Crippen LogP contribution in [0.25, 0.3) is 0 Å². The fourth-order valence-corrected chi connectivity index (χ4v) is 2.89. The first-order valence-electron chi connectivity index (χ1n) is 7.06. The van der Waals surface area contributed by atoms with Crippen molar-refractivity contribution in [3.05, 3.63) is 65.0 Å². The highest BCUT2D eigenvalue weighted by atomic mass is 14.9. The van der Waals surface area contributed by atoms with Gasteiger partial charge < -0.3 is 5.32 Å². The monoisotopic (exact) mass is 252 g/mol. The summed E-state index contributed by atoms with van der Waals surface area (Å²) >= 11 is 0. The van der Waals surface area contributed by atoms with Crippen LogP contribution in [0.15, 0.2) is 42.6 Å². The van der Waals surface area contributed by atoms with Gasteiger partial charge in [-0.05, 0) is 48.9 Å². The number of hydrogen-bond donors (Lipinski definition) is 1. The molecule has 0 spiro atoms. The molecular formula is C17H20N2. The molecule has 0 radical (unpaired) electrons. The highest BCUT2D eigenvalue weighted by Crippen LogP contribution is 2.29. The smallest absolute Gasteiger partial charge is 0.0570 e. The van der Waals surface area contributed by atoms with Gasteiger partial charge in [0.15, 0.2) is 0 Å². The van der Waals surface area contributed by atoms with Gasteiger partial charge in [0.25, 0.3) is 0 Å². The predicted molar refractivity (Wildman–Crippen MR) is 77.9 cm³/mol. The van der Waals surface area contributed by atoms with Gasteiger partial charge in [0, 0.05) is 18.8 Å². The summed E-state index contributed by atoms with van der Waals surface area (Å²) < 4.78 is 0. The van der Waals surface area contributed by atoms with E-state index in [1.165, 1.54) is 36.0 Å². The molecular weight excluding hydrogens is 232 g/mol. The molecule has 3 rings (SSSR count). The van der Waals surface area contributed by atoms with Crippen molar-refractivity contribution >= 4 is 0 Å². The second-order valence-corrected chi connectivity index (χ2v) is 5.29. The largest absolute Gasteiger partial charge is 0.304 e. The number of hydrogen-bond acceptors (Lipinski definition) is 2. The summed E-state index contributed by atoms with van der Waals surface area (Å²) in [5.74, 6) is 0. The second-order valence-electron chi connectivity index (χ2n) is 5.29. The SMILES string of the molecule is Cc1cccnc1CNC1CCCc2ccccc21. The summed E-state index contributed by atoms with van der Waals surface area (Å²) in [5, 5.41) is 3.67. The lowest BCUT2D eigenvalue weighted by molar-refractivity contribution is 0.455. The summed E-state index contributed by atoms with van der Waals surface area (Å²) in [5.41, 5.74) is 5.40. The van der Waals surface area contributed by atoms with Crippen LogP contribution < -0.4 is 5.32 Å². The molecule has 1 atom stereocenters. The molecule has 0 fully saturated rings. The maximum Gasteiger partial charge on any atom is 0.0570 e. The fraction of sp³-hybridized carbons (Fsp3) is 0.353. The van der Waals surface area contributed by atoms with Crippen molar-refractivity contribution in [1.29, 1.82) is 0 Å². The van der Waals surface area contributed by atoms with Crippen LogP contribution in [0.3, 0.4) is 0 Å². The molecule has 1 aliphatic rings. The Hall–Kier alpha value is -1.67. The van der Waals surface area contributed by atoms with E-state index < -0.39 is 0 Å². The van der Waals surface area contributed by atoms with E-state index in [9.17, 15) is 0 Å². The van der Waals surface area contributed by atoms with Crippen LogP contribution in [0.1, 0.15) is 41.3 Å². The number of nitrogens with one attached hydrogen (secondary N) is 1. The average Bonchev–Trinajstić information content (AvgIpc) is 2.46. The van der Waals surface area contributed by atoms with Crippen molar-refractivity contribution in [2.24, 2.45) is 0 Å². The molecule has 19 heavy (non-hydrogen) atoms. The average molecular weight is 252 g/mol. The van der Waals surface area contributed by atoms with E-state index in [0.717, 1.165) is 12.2 Å². The Morgan fingerprint density at radius 3 is 3.00 bits per heavy atom. The van der Waals surface area contributed by atoms with E-state index in [4.69, 9.17) is 0 Å². The predicted octanol–water partition coefficient (Wildman–Crippen LogP) is 3.56. The molecule has 0 amide bonds. The van der Waals surface area contributed by atoms with Gasteiger partial charge in [-0.2, -0.15) is 0 Å². The van der Waals surface area contributed by atoms with Crippen molar-refractivity contribution in [3.63, 3.8) is 0 Å². The first kappa shape index (κ1) is 12.4. The lowest BCUT2D eigenvalue weighted by atomic mass is 9.88. The van der Waals surface area contributed by atoms with Crippen LogP contribution in [-0.2, 0) is 13.0 Å². The normalized spacial score (nSPS) is 18.1. The third-order valence-electron chi connectivity index (χ3n) is 4.00. The van der Waals surface area contributed by atoms with Gasteiger partial charge in [-0.25, -0.2) is 0 Å². The van der Waals surface area contributed by atoms with Crippen LogP contribution in [0.2, 0.25) is 0 Å². The maximum absolute atomic E-state index is 4.46. The minimum Gasteiger partial charge on any atom is -0.304 e. The molecule has 0 aliphatic heterocycles. The molecule has 2 heteroatoms. The van der Waals surface area contributed by atoms with Crippen LogP contribution in [0, 0.1) is 6.92 Å². The van der Waals surface area contributed by atoms with Gasteiger partial charge in [-0.15, -0.1) is 0 Å². The Morgan fingerprint density at radius 1 is 1.21 bits per heavy atom. The molecule has 0 saturated heterocycles. The molecule has 1 aliphatic carbocycles. The van der Waals surface area contributed by atoms with E-state index in [0.29, 0.717) is 6.04 Å². The molecule has 1 aromatic heterocycles. The standard InChI is InChI=1S/C17H20N2/c1-13-6-5-11-18-17(13)12-19-16-10-4-8-14-7-2-3-9-15(14)16/h2-3,5-7,9,11,16,19H,4,8,10,12H2,1H3. The zero-order valence-corrected chi connectivity index (χ0v) is 11.4. The summed E-state index contributed by atoms with van der Waals surface area (Å²) in [4.78, 5) is 4.46. The fourth-order valence-electron chi connectivity index (χ4n) is 2.89. The third-order valence-corrected chi connectivity index (χ3v) is 4.00. The number of pyridine rings is 1. The molecule has 98 valence electrons. The van der Waals surface area contributed by atoms with Crippen LogP contribution in [0.5, 0.6) is 0 Å². The Labute approximate surface area is 114 Å². The van der Waals surface area contributed by atoms with Gasteiger partial charge in [0.1, 0.15) is 0 Å². The lowest BCUT2D eigenvalue weighted by Crippen LogP contribution is -2.25. The quantitative estimate of drug-likeness (QED) is 0.903. The Kier molecular flexibility index (Phi) is 3.60. The summed E-state index contributed by atoms with van der Waals surface area (Å²) in [7, 11) is 0. The first-order chi connectivity index (χ1) is 9.34. The van der Waals surface area contributed by atoms with Gasteiger partial charge in [0.2, 0.25) is 0 Å². The number of benzene rings is 1. The number of nitrogens with zero attached hydrogens (tertiary/aromatic N) is 1. The molecule has 1 heterocycles. The van der Waals surface area contributed by atoms with Crippen LogP contribution in [0.4, 0.5) is 0 Å². The molecule has 1 N–H and O–H groups in total. The Balaban J connectivity index is 1.73. The van der Waals surface area contributed by atoms with Crippen molar-refractivity contribution in [1.82, 2.24) is 10.3 Å². The first-order valence-corrected chi connectivity index (χ1v) is 7.06. The maximum atomic E-state index is 4.46. The topological polar surface area (TPSA) is 24.9 Å². The molecule has 1 aromatic carbocycles.